The number of anilines is 1. The van der Waals surface area contributed by atoms with Gasteiger partial charge in [-0.3, -0.25) is 4.90 Å². The van der Waals surface area contributed by atoms with Gasteiger partial charge in [-0.05, 0) is 24.7 Å². The Bertz CT molecular complexity index is 750. The Morgan fingerprint density at radius 2 is 1.69 bits per heavy atom. The molecule has 0 aliphatic carbocycles. The number of carbonyl (C=O) groups is 1. The highest BCUT2D eigenvalue weighted by Crippen LogP contribution is 2.26. The Balaban J connectivity index is 0.00000300. The molecule has 7 nitrogen and oxygen atoms in total. The summed E-state index contributed by atoms with van der Waals surface area (Å²) < 4.78 is 5.81. The maximum absolute atomic E-state index is 12.2. The van der Waals surface area contributed by atoms with Crippen LogP contribution < -0.4 is 10.6 Å². The van der Waals surface area contributed by atoms with E-state index in [1.54, 1.807) is 12.1 Å². The molecular formula is C21H28ClN3O4. The van der Waals surface area contributed by atoms with Gasteiger partial charge in [-0.1, -0.05) is 48.5 Å². The SMILES string of the molecule is CN(Cc1ccccc1)[C@@H]1[C@H](O)[C@H](CO)O[C@@H]1CNC(=O)Nc1ccccc1.Cl. The summed E-state index contributed by atoms with van der Waals surface area (Å²) in [5.74, 6) is 0. The van der Waals surface area contributed by atoms with E-state index < -0.39 is 18.3 Å². The van der Waals surface area contributed by atoms with Crippen LogP contribution in [0.25, 0.3) is 0 Å². The summed E-state index contributed by atoms with van der Waals surface area (Å²) in [5, 5.41) is 25.7. The van der Waals surface area contributed by atoms with Crippen molar-refractivity contribution in [2.24, 2.45) is 0 Å². The summed E-state index contributed by atoms with van der Waals surface area (Å²) in [5.41, 5.74) is 1.80. The Morgan fingerprint density at radius 1 is 1.07 bits per heavy atom. The number of amides is 2. The van der Waals surface area contributed by atoms with E-state index in [9.17, 15) is 15.0 Å². The average molecular weight is 422 g/mol. The standard InChI is InChI=1S/C21H27N3O4.ClH/c1-24(13-15-8-4-2-5-9-15)19-17(28-18(14-25)20(19)26)12-22-21(27)23-16-10-6-3-7-11-16;/h2-11,17-20,25-26H,12-14H2,1H3,(H2,22,23,27);1H/t17-,18+,19+,20-;/m1./s1. The van der Waals surface area contributed by atoms with Gasteiger partial charge in [0.05, 0.1) is 18.8 Å². The minimum Gasteiger partial charge on any atom is -0.394 e. The van der Waals surface area contributed by atoms with Crippen molar-refractivity contribution in [1.29, 1.82) is 0 Å². The summed E-state index contributed by atoms with van der Waals surface area (Å²) in [6.07, 6.45) is -1.96. The van der Waals surface area contributed by atoms with E-state index >= 15 is 0 Å². The summed E-state index contributed by atoms with van der Waals surface area (Å²) in [6, 6.07) is 18.4. The van der Waals surface area contributed by atoms with Gasteiger partial charge in [0.25, 0.3) is 0 Å². The highest BCUT2D eigenvalue weighted by atomic mass is 35.5. The molecule has 0 spiro atoms. The number of aliphatic hydroxyl groups excluding tert-OH is 2. The minimum absolute atomic E-state index is 0. The van der Waals surface area contributed by atoms with E-state index in [0.717, 1.165) is 5.56 Å². The highest BCUT2D eigenvalue weighted by Gasteiger charge is 2.45. The topological polar surface area (TPSA) is 94.1 Å². The molecule has 158 valence electrons. The fourth-order valence-electron chi connectivity index (χ4n) is 3.56. The first-order chi connectivity index (χ1) is 13.6. The van der Waals surface area contributed by atoms with Gasteiger partial charge in [-0.15, -0.1) is 12.4 Å². The second kappa shape index (κ2) is 11.1. The molecule has 2 aromatic rings. The van der Waals surface area contributed by atoms with E-state index in [1.165, 1.54) is 0 Å². The van der Waals surface area contributed by atoms with Crippen LogP contribution in [-0.2, 0) is 11.3 Å². The van der Waals surface area contributed by atoms with Crippen LogP contribution in [0.2, 0.25) is 0 Å². The third-order valence-corrected chi connectivity index (χ3v) is 4.92. The lowest BCUT2D eigenvalue weighted by Gasteiger charge is -2.30. The van der Waals surface area contributed by atoms with Gasteiger partial charge in [-0.2, -0.15) is 0 Å². The molecule has 0 bridgehead atoms. The molecule has 1 fully saturated rings. The van der Waals surface area contributed by atoms with Gasteiger partial charge in [0.2, 0.25) is 0 Å². The smallest absolute Gasteiger partial charge is 0.319 e. The van der Waals surface area contributed by atoms with Crippen molar-refractivity contribution in [1.82, 2.24) is 10.2 Å². The predicted octanol–water partition coefficient (Wildman–Crippen LogP) is 1.85. The van der Waals surface area contributed by atoms with E-state index in [4.69, 9.17) is 4.74 Å². The minimum atomic E-state index is -0.845. The van der Waals surface area contributed by atoms with Crippen LogP contribution in [0.4, 0.5) is 10.5 Å². The van der Waals surface area contributed by atoms with Crippen LogP contribution in [0.3, 0.4) is 0 Å². The molecule has 4 N–H and O–H groups in total. The maximum Gasteiger partial charge on any atom is 0.319 e. The lowest BCUT2D eigenvalue weighted by atomic mass is 10.0. The number of benzene rings is 2. The number of aliphatic hydroxyl groups is 2. The largest absolute Gasteiger partial charge is 0.394 e. The fraction of sp³-hybridized carbons (Fsp3) is 0.381. The summed E-state index contributed by atoms with van der Waals surface area (Å²) in [7, 11) is 1.90. The zero-order valence-electron chi connectivity index (χ0n) is 16.3. The van der Waals surface area contributed by atoms with Gasteiger partial charge >= 0.3 is 6.03 Å². The van der Waals surface area contributed by atoms with Crippen molar-refractivity contribution in [3.05, 3.63) is 66.2 Å². The number of carbonyl (C=O) groups excluding carboxylic acids is 1. The van der Waals surface area contributed by atoms with Crippen LogP contribution >= 0.6 is 12.4 Å². The number of nitrogens with zero attached hydrogens (tertiary/aromatic N) is 1. The first kappa shape index (κ1) is 23.1. The van der Waals surface area contributed by atoms with Crippen LogP contribution in [0.5, 0.6) is 0 Å². The maximum atomic E-state index is 12.2. The van der Waals surface area contributed by atoms with Crippen LogP contribution in [0, 0.1) is 0 Å². The summed E-state index contributed by atoms with van der Waals surface area (Å²) in [4.78, 5) is 14.2. The molecular weight excluding hydrogens is 394 g/mol. The average Bonchev–Trinajstić information content (AvgIpc) is 3.03. The molecule has 0 unspecified atom stereocenters. The molecule has 2 amide bonds. The summed E-state index contributed by atoms with van der Waals surface area (Å²) in [6.45, 7) is 0.566. The molecule has 29 heavy (non-hydrogen) atoms. The number of nitrogens with one attached hydrogen (secondary N) is 2. The molecule has 8 heteroatoms. The Labute approximate surface area is 177 Å². The van der Waals surface area contributed by atoms with Gasteiger partial charge in [0, 0.05) is 18.8 Å². The highest BCUT2D eigenvalue weighted by molar-refractivity contribution is 5.89. The third-order valence-electron chi connectivity index (χ3n) is 4.92. The Hall–Kier alpha value is -2.16. The van der Waals surface area contributed by atoms with E-state index in [1.807, 2.05) is 60.5 Å². The molecule has 0 saturated carbocycles. The molecule has 1 aliphatic heterocycles. The molecule has 0 radical (unpaired) electrons. The first-order valence-electron chi connectivity index (χ1n) is 9.37. The van der Waals surface area contributed by atoms with Crippen LogP contribution in [0.15, 0.2) is 60.7 Å². The Kier molecular flexibility index (Phi) is 8.88. The van der Waals surface area contributed by atoms with Crippen molar-refractivity contribution >= 4 is 24.1 Å². The molecule has 1 aliphatic rings. The van der Waals surface area contributed by atoms with Gasteiger partial charge in [-0.25, -0.2) is 4.79 Å². The number of halogens is 1. The van der Waals surface area contributed by atoms with E-state index in [2.05, 4.69) is 10.6 Å². The molecule has 3 rings (SSSR count). The third kappa shape index (κ3) is 6.16. The number of likely N-dealkylation sites (N-methyl/N-ethyl adjacent to an activating group) is 1. The number of hydrogen-bond donors (Lipinski definition) is 4. The second-order valence-electron chi connectivity index (χ2n) is 6.98. The number of ether oxygens (including phenoxy) is 1. The monoisotopic (exact) mass is 421 g/mol. The van der Waals surface area contributed by atoms with Gasteiger partial charge in [0.1, 0.15) is 12.2 Å². The zero-order chi connectivity index (χ0) is 19.9. The van der Waals surface area contributed by atoms with Gasteiger partial charge in [0.15, 0.2) is 0 Å². The van der Waals surface area contributed by atoms with Crippen molar-refractivity contribution in [3.63, 3.8) is 0 Å². The predicted molar refractivity (Wildman–Crippen MR) is 114 cm³/mol. The first-order valence-corrected chi connectivity index (χ1v) is 9.37. The van der Waals surface area contributed by atoms with Crippen LogP contribution in [-0.4, -0.2) is 65.7 Å². The quantitative estimate of drug-likeness (QED) is 0.547. The Morgan fingerprint density at radius 3 is 2.31 bits per heavy atom. The van der Waals surface area contributed by atoms with Crippen molar-refractivity contribution in [3.8, 4) is 0 Å². The van der Waals surface area contributed by atoms with Crippen molar-refractivity contribution < 1.29 is 19.7 Å². The summed E-state index contributed by atoms with van der Waals surface area (Å²) >= 11 is 0. The molecule has 2 aromatic carbocycles. The second-order valence-corrected chi connectivity index (χ2v) is 6.98. The van der Waals surface area contributed by atoms with Crippen molar-refractivity contribution in [2.45, 2.75) is 30.9 Å². The number of urea groups is 1. The molecule has 1 heterocycles. The van der Waals surface area contributed by atoms with Gasteiger partial charge < -0.3 is 25.6 Å². The normalized spacial score (nSPS) is 23.4. The zero-order valence-corrected chi connectivity index (χ0v) is 17.1. The lowest BCUT2D eigenvalue weighted by molar-refractivity contribution is -0.0205. The molecule has 0 aromatic heterocycles. The van der Waals surface area contributed by atoms with E-state index in [0.29, 0.717) is 12.2 Å². The van der Waals surface area contributed by atoms with E-state index in [-0.39, 0.29) is 37.6 Å². The number of rotatable bonds is 7. The lowest BCUT2D eigenvalue weighted by Crippen LogP contribution is -2.49. The molecule has 4 atom stereocenters. The number of para-hydroxylation sites is 1. The van der Waals surface area contributed by atoms with Crippen molar-refractivity contribution in [2.75, 3.05) is 25.5 Å². The number of hydrogen-bond acceptors (Lipinski definition) is 5. The molecule has 1 saturated heterocycles. The fourth-order valence-corrected chi connectivity index (χ4v) is 3.56. The van der Waals surface area contributed by atoms with Crippen LogP contribution in [0.1, 0.15) is 5.56 Å².